The quantitative estimate of drug-likeness (QED) is 0.510. The monoisotopic (exact) mass is 426 g/mol. The summed E-state index contributed by atoms with van der Waals surface area (Å²) in [6.45, 7) is 8.60. The zero-order valence-corrected chi connectivity index (χ0v) is 18.5. The molecule has 3 aromatic rings. The number of hydrogen-bond acceptors (Lipinski definition) is 3. The summed E-state index contributed by atoms with van der Waals surface area (Å²) in [4.78, 5) is 18.0. The molecular formula is C24H27ClN2O3. The summed E-state index contributed by atoms with van der Waals surface area (Å²) in [5.74, 6) is 1.18. The highest BCUT2D eigenvalue weighted by atomic mass is 35.5. The molecule has 158 valence electrons. The number of ether oxygens (including phenoxy) is 2. The van der Waals surface area contributed by atoms with E-state index in [1.54, 1.807) is 4.90 Å². The van der Waals surface area contributed by atoms with Gasteiger partial charge in [0.25, 0.3) is 0 Å². The number of nitrogens with one attached hydrogen (secondary N) is 1. The Morgan fingerprint density at radius 3 is 2.67 bits per heavy atom. The minimum absolute atomic E-state index is 0.0364. The fourth-order valence-electron chi connectivity index (χ4n) is 3.98. The summed E-state index contributed by atoms with van der Waals surface area (Å²) in [6.07, 6.45) is 1.61. The summed E-state index contributed by atoms with van der Waals surface area (Å²) in [7, 11) is 0. The van der Waals surface area contributed by atoms with Crippen molar-refractivity contribution in [3.05, 3.63) is 59.3 Å². The molecule has 0 spiro atoms. The summed E-state index contributed by atoms with van der Waals surface area (Å²) < 4.78 is 11.9. The average molecular weight is 427 g/mol. The van der Waals surface area contributed by atoms with Crippen LogP contribution in [-0.4, -0.2) is 29.1 Å². The number of carbonyl (C=O) groups is 1. The largest absolute Gasteiger partial charge is 0.487 e. The third-order valence-corrected chi connectivity index (χ3v) is 5.65. The van der Waals surface area contributed by atoms with Crippen LogP contribution < -0.4 is 9.64 Å². The number of rotatable bonds is 4. The predicted octanol–water partition coefficient (Wildman–Crippen LogP) is 6.13. The lowest BCUT2D eigenvalue weighted by molar-refractivity contribution is 0.0582. The lowest BCUT2D eigenvalue weighted by atomic mass is 9.96. The number of H-pyrrole nitrogens is 1. The molecular weight excluding hydrogens is 400 g/mol. The molecule has 0 saturated heterocycles. The molecule has 1 N–H and O–H groups in total. The highest BCUT2D eigenvalue weighted by molar-refractivity contribution is 6.19. The van der Waals surface area contributed by atoms with Crippen molar-refractivity contribution < 1.29 is 14.3 Å². The molecule has 1 aliphatic rings. The molecule has 0 bridgehead atoms. The number of fused-ring (bicyclic) bond motifs is 3. The van der Waals surface area contributed by atoms with E-state index in [2.05, 4.69) is 11.9 Å². The highest BCUT2D eigenvalue weighted by Gasteiger charge is 2.37. The van der Waals surface area contributed by atoms with Crippen LogP contribution in [0.3, 0.4) is 0 Å². The third kappa shape index (κ3) is 3.86. The van der Waals surface area contributed by atoms with E-state index in [4.69, 9.17) is 21.1 Å². The van der Waals surface area contributed by atoms with Gasteiger partial charge in [-0.05, 0) is 44.4 Å². The Morgan fingerprint density at radius 2 is 2.00 bits per heavy atom. The standard InChI is InChI=1S/C24H27ClN2O3/c1-15-12-26-22-19(29-14-16-8-6-5-7-9-16)10-18-21(20(15)22)17(11-25)13-27(18)23(28)30-24(2,3)4/h5-10,12,17,26H,11,13-14H2,1-4H3. The summed E-state index contributed by atoms with van der Waals surface area (Å²) in [6, 6.07) is 12.0. The molecule has 0 radical (unpaired) electrons. The van der Waals surface area contributed by atoms with Crippen molar-refractivity contribution in [2.24, 2.45) is 0 Å². The fourth-order valence-corrected chi connectivity index (χ4v) is 4.23. The van der Waals surface area contributed by atoms with Crippen LogP contribution >= 0.6 is 11.6 Å². The van der Waals surface area contributed by atoms with Crippen molar-refractivity contribution in [2.45, 2.75) is 45.8 Å². The van der Waals surface area contributed by atoms with Crippen molar-refractivity contribution in [3.8, 4) is 5.75 Å². The van der Waals surface area contributed by atoms with E-state index in [1.165, 1.54) is 0 Å². The average Bonchev–Trinajstić information content (AvgIpc) is 3.26. The minimum atomic E-state index is -0.572. The summed E-state index contributed by atoms with van der Waals surface area (Å²) in [5.41, 5.74) is 4.44. The lowest BCUT2D eigenvalue weighted by Gasteiger charge is -2.25. The molecule has 4 rings (SSSR count). The second-order valence-electron chi connectivity index (χ2n) is 8.75. The number of alkyl halides is 1. The maximum absolute atomic E-state index is 12.9. The van der Waals surface area contributed by atoms with Gasteiger partial charge in [-0.3, -0.25) is 4.90 Å². The first kappa shape index (κ1) is 20.6. The molecule has 5 nitrogen and oxygen atoms in total. The smallest absolute Gasteiger partial charge is 0.414 e. The van der Waals surface area contributed by atoms with E-state index >= 15 is 0 Å². The first-order valence-electron chi connectivity index (χ1n) is 10.2. The van der Waals surface area contributed by atoms with Crippen LogP contribution in [0.4, 0.5) is 10.5 Å². The van der Waals surface area contributed by atoms with Crippen LogP contribution in [0, 0.1) is 6.92 Å². The maximum Gasteiger partial charge on any atom is 0.414 e. The van der Waals surface area contributed by atoms with Crippen molar-refractivity contribution in [1.29, 1.82) is 0 Å². The number of hydrogen-bond donors (Lipinski definition) is 1. The van der Waals surface area contributed by atoms with Gasteiger partial charge >= 0.3 is 6.09 Å². The van der Waals surface area contributed by atoms with Crippen molar-refractivity contribution >= 4 is 34.3 Å². The molecule has 1 amide bonds. The van der Waals surface area contributed by atoms with Crippen molar-refractivity contribution in [1.82, 2.24) is 4.98 Å². The maximum atomic E-state index is 12.9. The van der Waals surface area contributed by atoms with Crippen LogP contribution in [0.5, 0.6) is 5.75 Å². The van der Waals surface area contributed by atoms with Gasteiger partial charge < -0.3 is 14.5 Å². The Bertz CT molecular complexity index is 1070. The van der Waals surface area contributed by atoms with E-state index in [-0.39, 0.29) is 12.0 Å². The Hall–Kier alpha value is -2.66. The number of halogens is 1. The van der Waals surface area contributed by atoms with Crippen LogP contribution in [0.25, 0.3) is 10.9 Å². The number of aromatic nitrogens is 1. The molecule has 2 heterocycles. The second kappa shape index (κ2) is 7.88. The molecule has 1 aromatic heterocycles. The van der Waals surface area contributed by atoms with Crippen LogP contribution in [0.2, 0.25) is 0 Å². The van der Waals surface area contributed by atoms with Crippen LogP contribution in [0.15, 0.2) is 42.6 Å². The number of aromatic amines is 1. The fraction of sp³-hybridized carbons (Fsp3) is 0.375. The van der Waals surface area contributed by atoms with Crippen molar-refractivity contribution in [2.75, 3.05) is 17.3 Å². The Kier molecular flexibility index (Phi) is 5.41. The molecule has 1 aliphatic heterocycles. The molecule has 0 fully saturated rings. The summed E-state index contributed by atoms with van der Waals surface area (Å²) >= 11 is 6.32. The van der Waals surface area contributed by atoms with E-state index < -0.39 is 5.60 Å². The Morgan fingerprint density at radius 1 is 1.27 bits per heavy atom. The molecule has 1 atom stereocenters. The van der Waals surface area contributed by atoms with Crippen LogP contribution in [-0.2, 0) is 11.3 Å². The predicted molar refractivity (Wildman–Crippen MR) is 121 cm³/mol. The van der Waals surface area contributed by atoms with Gasteiger partial charge in [0.2, 0.25) is 0 Å². The number of carbonyl (C=O) groups excluding carboxylic acids is 1. The second-order valence-corrected chi connectivity index (χ2v) is 9.05. The zero-order valence-electron chi connectivity index (χ0n) is 17.8. The van der Waals surface area contributed by atoms with E-state index in [0.29, 0.717) is 24.8 Å². The number of amides is 1. The lowest BCUT2D eigenvalue weighted by Crippen LogP contribution is -2.36. The van der Waals surface area contributed by atoms with E-state index in [1.807, 2.05) is 63.4 Å². The molecule has 1 unspecified atom stereocenters. The van der Waals surface area contributed by atoms with E-state index in [0.717, 1.165) is 33.3 Å². The first-order chi connectivity index (χ1) is 14.3. The summed E-state index contributed by atoms with van der Waals surface area (Å²) in [5, 5.41) is 1.08. The zero-order chi connectivity index (χ0) is 21.5. The minimum Gasteiger partial charge on any atom is -0.487 e. The Balaban J connectivity index is 1.78. The normalized spacial score (nSPS) is 16.0. The van der Waals surface area contributed by atoms with Gasteiger partial charge in [-0.2, -0.15) is 0 Å². The van der Waals surface area contributed by atoms with Gasteiger partial charge in [-0.15, -0.1) is 11.6 Å². The molecule has 0 aliphatic carbocycles. The first-order valence-corrected chi connectivity index (χ1v) is 10.7. The molecule has 0 saturated carbocycles. The molecule has 30 heavy (non-hydrogen) atoms. The third-order valence-electron chi connectivity index (χ3n) is 5.28. The highest BCUT2D eigenvalue weighted by Crippen LogP contribution is 2.46. The van der Waals surface area contributed by atoms with E-state index in [9.17, 15) is 4.79 Å². The van der Waals surface area contributed by atoms with Crippen LogP contribution in [0.1, 0.15) is 43.4 Å². The molecule has 2 aromatic carbocycles. The van der Waals surface area contributed by atoms with Gasteiger partial charge in [-0.25, -0.2) is 4.79 Å². The van der Waals surface area contributed by atoms with Gasteiger partial charge in [-0.1, -0.05) is 30.3 Å². The number of nitrogens with zero attached hydrogens (tertiary/aromatic N) is 1. The van der Waals surface area contributed by atoms with Gasteiger partial charge in [0.05, 0.1) is 11.2 Å². The number of benzene rings is 2. The van der Waals surface area contributed by atoms with Gasteiger partial charge in [0.15, 0.2) is 0 Å². The SMILES string of the molecule is Cc1c[nH]c2c(OCc3ccccc3)cc3c(c12)C(CCl)CN3C(=O)OC(C)(C)C. The number of aryl methyl sites for hydroxylation is 1. The topological polar surface area (TPSA) is 54.6 Å². The van der Waals surface area contributed by atoms with Crippen molar-refractivity contribution in [3.63, 3.8) is 0 Å². The Labute approximate surface area is 181 Å². The number of anilines is 1. The van der Waals surface area contributed by atoms with Gasteiger partial charge in [0, 0.05) is 36.0 Å². The molecule has 6 heteroatoms. The van der Waals surface area contributed by atoms with Gasteiger partial charge in [0.1, 0.15) is 18.0 Å².